The molecule has 15 rings (SSSR count). The molecule has 6 heteroatoms. The van der Waals surface area contributed by atoms with E-state index in [9.17, 15) is 0 Å². The lowest BCUT2D eigenvalue weighted by Gasteiger charge is -2.24. The molecule has 8 bridgehead atoms. The van der Waals surface area contributed by atoms with Crippen LogP contribution in [0, 0.1) is 41.5 Å². The quantitative estimate of drug-likeness (QED) is 0.180. The second-order valence-corrected chi connectivity index (χ2v) is 29.0. The highest BCUT2D eigenvalue weighted by Gasteiger charge is 2.33. The van der Waals surface area contributed by atoms with Crippen molar-refractivity contribution in [3.63, 3.8) is 0 Å². The van der Waals surface area contributed by atoms with Gasteiger partial charge in [-0.05, 0) is 189 Å². The lowest BCUT2D eigenvalue weighted by molar-refractivity contribution is 0.591. The van der Waals surface area contributed by atoms with Crippen molar-refractivity contribution in [1.82, 2.24) is 19.9 Å². The first-order chi connectivity index (χ1) is 38.5. The number of aromatic amines is 2. The van der Waals surface area contributed by atoms with Crippen LogP contribution in [0.1, 0.15) is 139 Å². The number of aryl methyl sites for hydroxylation is 6. The molecule has 0 aliphatic heterocycles. The molecule has 406 valence electrons. The van der Waals surface area contributed by atoms with Gasteiger partial charge in [0.2, 0.25) is 0 Å². The molecular formula is C76H70N4O2. The highest BCUT2D eigenvalue weighted by atomic mass is 16.1. The summed E-state index contributed by atoms with van der Waals surface area (Å²) < 4.78 is 0. The summed E-state index contributed by atoms with van der Waals surface area (Å²) in [4.78, 5) is 52.6. The Labute approximate surface area is 477 Å². The third-order valence-corrected chi connectivity index (χ3v) is 18.9. The second kappa shape index (κ2) is 15.9. The number of benzene rings is 6. The number of nitrogens with zero attached hydrogens (tertiary/aromatic N) is 2. The van der Waals surface area contributed by atoms with Crippen LogP contribution < -0.4 is 10.9 Å². The molecule has 0 spiro atoms. The Morgan fingerprint density at radius 3 is 1.13 bits per heavy atom. The summed E-state index contributed by atoms with van der Waals surface area (Å²) in [7, 11) is 0. The van der Waals surface area contributed by atoms with Crippen molar-refractivity contribution >= 4 is 130 Å². The van der Waals surface area contributed by atoms with Crippen molar-refractivity contribution in [2.75, 3.05) is 0 Å². The van der Waals surface area contributed by atoms with Gasteiger partial charge in [0.15, 0.2) is 10.9 Å². The normalized spacial score (nSPS) is 13.6. The van der Waals surface area contributed by atoms with E-state index in [2.05, 4.69) is 220 Å². The number of hydrogen-bond donors (Lipinski definition) is 2. The fourth-order valence-corrected chi connectivity index (χ4v) is 15.3. The molecule has 6 nitrogen and oxygen atoms in total. The van der Waals surface area contributed by atoms with Gasteiger partial charge in [-0.3, -0.25) is 9.59 Å². The van der Waals surface area contributed by atoms with Gasteiger partial charge in [0.1, 0.15) is 0 Å². The van der Waals surface area contributed by atoms with Crippen LogP contribution in [0.5, 0.6) is 0 Å². The van der Waals surface area contributed by atoms with Gasteiger partial charge in [0.25, 0.3) is 0 Å². The van der Waals surface area contributed by atoms with Crippen molar-refractivity contribution in [1.29, 1.82) is 0 Å². The Kier molecular flexibility index (Phi) is 9.81. The highest BCUT2D eigenvalue weighted by Crippen LogP contribution is 2.53. The van der Waals surface area contributed by atoms with E-state index >= 15 is 9.59 Å². The van der Waals surface area contributed by atoms with Crippen LogP contribution in [-0.4, -0.2) is 19.9 Å². The molecule has 0 aliphatic rings. The van der Waals surface area contributed by atoms with Crippen molar-refractivity contribution in [3.8, 4) is 22.3 Å². The Balaban J connectivity index is 1.32. The molecule has 15 aromatic rings. The van der Waals surface area contributed by atoms with Gasteiger partial charge in [-0.15, -0.1) is 0 Å². The molecule has 0 unspecified atom stereocenters. The van der Waals surface area contributed by atoms with Gasteiger partial charge in [0.05, 0.1) is 38.5 Å². The predicted molar refractivity (Wildman–Crippen MR) is 352 cm³/mol. The Hall–Kier alpha value is -8.22. The van der Waals surface area contributed by atoms with Gasteiger partial charge in [0, 0.05) is 81.4 Å². The molecule has 0 amide bonds. The number of hydrogen-bond acceptors (Lipinski definition) is 4. The summed E-state index contributed by atoms with van der Waals surface area (Å²) >= 11 is 0. The SMILES string of the molecule is Cc1cc(C)c(-c2c3cc4c(=O)c5cc(C(C)(C)C)cc6cc(C(C)(C)C)c7c8cc([nH]c8c(c4n3)c7c65)c(-c3c(C)cc(C)cc3C)c3cc4c(n3)c3c5[nH]c2cc5c(=O)c2cc(C(C)(C)C)cc5cc(C(C)(C)C)c4c3c52)c(C)c1. The minimum atomic E-state index is -0.290. The van der Waals surface area contributed by atoms with Gasteiger partial charge in [-0.25, -0.2) is 9.97 Å². The molecule has 0 atom stereocenters. The molecule has 0 radical (unpaired) electrons. The Morgan fingerprint density at radius 1 is 0.329 bits per heavy atom. The first kappa shape index (κ1) is 50.7. The van der Waals surface area contributed by atoms with Crippen molar-refractivity contribution in [2.24, 2.45) is 0 Å². The van der Waals surface area contributed by atoms with Crippen LogP contribution in [0.2, 0.25) is 0 Å². The third kappa shape index (κ3) is 6.69. The molecule has 0 aliphatic carbocycles. The summed E-state index contributed by atoms with van der Waals surface area (Å²) in [6.45, 7) is 40.4. The molecular weight excluding hydrogens is 1000 g/mol. The number of H-pyrrole nitrogens is 2. The zero-order valence-corrected chi connectivity index (χ0v) is 50.8. The van der Waals surface area contributed by atoms with Crippen molar-refractivity contribution < 1.29 is 0 Å². The summed E-state index contributed by atoms with van der Waals surface area (Å²) in [5.41, 5.74) is 20.9. The largest absolute Gasteiger partial charge is 0.354 e. The summed E-state index contributed by atoms with van der Waals surface area (Å²) in [6, 6.07) is 31.7. The van der Waals surface area contributed by atoms with E-state index in [4.69, 9.17) is 9.97 Å². The molecule has 0 saturated carbocycles. The average molecular weight is 1070 g/mol. The zero-order chi connectivity index (χ0) is 57.8. The summed E-state index contributed by atoms with van der Waals surface area (Å²) in [5, 5.41) is 15.1. The fourth-order valence-electron chi connectivity index (χ4n) is 15.3. The van der Waals surface area contributed by atoms with Crippen LogP contribution in [0.4, 0.5) is 0 Å². The topological polar surface area (TPSA) is 91.5 Å². The number of fused-ring (bicyclic) bond motifs is 6. The molecule has 0 saturated heterocycles. The van der Waals surface area contributed by atoms with Crippen LogP contribution in [-0.2, 0) is 21.7 Å². The van der Waals surface area contributed by atoms with E-state index in [1.165, 1.54) is 16.7 Å². The molecule has 0 fully saturated rings. The smallest absolute Gasteiger partial charge is 0.195 e. The van der Waals surface area contributed by atoms with Crippen LogP contribution >= 0.6 is 0 Å². The lowest BCUT2D eigenvalue weighted by Crippen LogP contribution is -2.13. The second-order valence-electron chi connectivity index (χ2n) is 29.0. The first-order valence-electron chi connectivity index (χ1n) is 29.4. The predicted octanol–water partition coefficient (Wildman–Crippen LogP) is 19.8. The van der Waals surface area contributed by atoms with Gasteiger partial charge < -0.3 is 9.97 Å². The van der Waals surface area contributed by atoms with E-state index in [0.29, 0.717) is 32.6 Å². The highest BCUT2D eigenvalue weighted by molar-refractivity contribution is 6.42. The number of nitrogens with one attached hydrogen (secondary N) is 2. The zero-order valence-electron chi connectivity index (χ0n) is 50.8. The first-order valence-corrected chi connectivity index (χ1v) is 29.4. The maximum absolute atomic E-state index is 16.2. The molecule has 5 aromatic heterocycles. The van der Waals surface area contributed by atoms with Crippen LogP contribution in [0.15, 0.2) is 94.5 Å². The maximum Gasteiger partial charge on any atom is 0.195 e. The molecule has 10 aromatic carbocycles. The average Bonchev–Trinajstić information content (AvgIpc) is 1.65. The number of aromatic nitrogens is 4. The van der Waals surface area contributed by atoms with E-state index < -0.39 is 0 Å². The molecule has 82 heavy (non-hydrogen) atoms. The summed E-state index contributed by atoms with van der Waals surface area (Å²) in [6.07, 6.45) is 0. The minimum Gasteiger partial charge on any atom is -0.354 e. The van der Waals surface area contributed by atoms with Crippen molar-refractivity contribution in [3.05, 3.63) is 161 Å². The maximum atomic E-state index is 16.2. The minimum absolute atomic E-state index is 0.0297. The number of rotatable bonds is 2. The summed E-state index contributed by atoms with van der Waals surface area (Å²) in [5.74, 6) is 0. The van der Waals surface area contributed by atoms with Gasteiger partial charge >= 0.3 is 0 Å². The Bertz CT molecular complexity index is 5190. The van der Waals surface area contributed by atoms with E-state index in [-0.39, 0.29) is 32.5 Å². The van der Waals surface area contributed by atoms with Crippen LogP contribution in [0.3, 0.4) is 0 Å². The lowest BCUT2D eigenvalue weighted by atomic mass is 9.80. The standard InChI is InChI=1S/C76H70N4O2/c1-33-19-35(3)55(36(4)20-33)61-51-29-43-59-49(75(13,14)15)25-39-23-41(73(7,8)9)27-45-57(39)63(59)65(67(43)77-51)69-47(71(45)81)31-53(79-69)62(56-37(5)21-34(2)22-38(56)6)54-32-48-70(80-54)66-64-58-40(24-42(74(10,11)12)28-46(58)72(48)82)26-50(76(16,17)18)60(64)44-30-52(61)78-68(44)66/h19-32,77,80H,1-18H3. The molecule has 5 heterocycles. The van der Waals surface area contributed by atoms with E-state index in [1.54, 1.807) is 0 Å². The molecule has 2 N–H and O–H groups in total. The van der Waals surface area contributed by atoms with Gasteiger partial charge in [-0.2, -0.15) is 0 Å². The van der Waals surface area contributed by atoms with Crippen LogP contribution in [0.25, 0.3) is 153 Å². The van der Waals surface area contributed by atoms with Crippen molar-refractivity contribution in [2.45, 2.75) is 146 Å². The monoisotopic (exact) mass is 1070 g/mol. The van der Waals surface area contributed by atoms with E-state index in [1.807, 2.05) is 0 Å². The third-order valence-electron chi connectivity index (χ3n) is 18.9. The van der Waals surface area contributed by atoms with Gasteiger partial charge in [-0.1, -0.05) is 131 Å². The fraction of sp³-hybridized carbons (Fsp3) is 0.289. The Morgan fingerprint density at radius 2 is 0.707 bits per heavy atom. The van der Waals surface area contributed by atoms with E-state index in [0.717, 1.165) is 159 Å².